The maximum Gasteiger partial charge on any atom is 0.191 e. The Kier molecular flexibility index (Phi) is 25.4. The zero-order valence-corrected chi connectivity index (χ0v) is 20.6. The molecule has 5 nitrogen and oxygen atoms in total. The number of nitrogens with zero attached hydrogens (tertiary/aromatic N) is 1. The minimum atomic E-state index is -0.0457. The fourth-order valence-electron chi connectivity index (χ4n) is 1.90. The second kappa shape index (κ2) is 23.6. The summed E-state index contributed by atoms with van der Waals surface area (Å²) >= 11 is 16.1. The summed E-state index contributed by atoms with van der Waals surface area (Å²) in [5, 5.41) is 18.8. The van der Waals surface area contributed by atoms with Crippen molar-refractivity contribution in [2.45, 2.75) is 27.2 Å². The maximum atomic E-state index is 8.76. The molecule has 0 bridgehead atoms. The van der Waals surface area contributed by atoms with Gasteiger partial charge < -0.3 is 20.6 Å². The lowest BCUT2D eigenvalue weighted by Gasteiger charge is -2.05. The van der Waals surface area contributed by atoms with E-state index in [1.165, 1.54) is 0 Å². The van der Waals surface area contributed by atoms with Crippen LogP contribution >= 0.6 is 48.4 Å². The van der Waals surface area contributed by atoms with Crippen molar-refractivity contribution < 1.29 is 15.3 Å². The molecule has 32 heavy (non-hydrogen) atoms. The van der Waals surface area contributed by atoms with E-state index in [2.05, 4.69) is 31.0 Å². The standard InChI is InChI=1S/C11H14OS.C7H6OS.C3H5NS2.CHN.CH4.H2O/c1-2-3-9-12-11(13)10-7-5-4-6-8-10;8-7(9)6-4-2-1-3-5-6;5-3-4-1-2-6-3;1-2;;/h4-8H,2-3,9H2,1H3;1-5H,(H,8,9);1-2H2,(H,4,5);1H;1H4;1H2. The first-order valence-corrected chi connectivity index (χ1v) is 11.4. The Labute approximate surface area is 212 Å². The van der Waals surface area contributed by atoms with Gasteiger partial charge in [0.05, 0.1) is 6.61 Å². The highest BCUT2D eigenvalue weighted by Gasteiger charge is 2.02. The van der Waals surface area contributed by atoms with Gasteiger partial charge in [-0.1, -0.05) is 105 Å². The van der Waals surface area contributed by atoms with E-state index in [0.29, 0.717) is 10.6 Å². The van der Waals surface area contributed by atoms with Gasteiger partial charge in [-0.2, -0.15) is 0 Å². The molecule has 0 radical (unpaired) electrons. The maximum absolute atomic E-state index is 8.76. The smallest absolute Gasteiger partial charge is 0.191 e. The van der Waals surface area contributed by atoms with Crippen LogP contribution in [0.1, 0.15) is 38.3 Å². The molecule has 0 spiro atoms. The molecule has 176 valence electrons. The lowest BCUT2D eigenvalue weighted by atomic mass is 10.2. The van der Waals surface area contributed by atoms with Crippen molar-refractivity contribution in [3.8, 4) is 6.57 Å². The quantitative estimate of drug-likeness (QED) is 0.391. The van der Waals surface area contributed by atoms with Gasteiger partial charge in [-0.05, 0) is 30.9 Å². The average Bonchev–Trinajstić information content (AvgIpc) is 3.28. The fourth-order valence-corrected chi connectivity index (χ4v) is 3.20. The third kappa shape index (κ3) is 17.6. The van der Waals surface area contributed by atoms with E-state index in [9.17, 15) is 0 Å². The van der Waals surface area contributed by atoms with Crippen LogP contribution in [0.5, 0.6) is 0 Å². The van der Waals surface area contributed by atoms with Crippen molar-refractivity contribution in [2.24, 2.45) is 0 Å². The Bertz CT molecular complexity index is 765. The van der Waals surface area contributed by atoms with Gasteiger partial charge in [-0.3, -0.25) is 0 Å². The highest BCUT2D eigenvalue weighted by atomic mass is 32.2. The summed E-state index contributed by atoms with van der Waals surface area (Å²) in [5.74, 6) is 1.15. The molecule has 1 heterocycles. The van der Waals surface area contributed by atoms with Gasteiger partial charge in [0.25, 0.3) is 0 Å². The van der Waals surface area contributed by atoms with Crippen LogP contribution in [0, 0.1) is 11.8 Å². The summed E-state index contributed by atoms with van der Waals surface area (Å²) in [5.41, 5.74) is 1.70. The van der Waals surface area contributed by atoms with Crippen LogP contribution in [0.4, 0.5) is 0 Å². The van der Waals surface area contributed by atoms with E-state index in [4.69, 9.17) is 39.5 Å². The SMILES string of the molecule is C.C#N.CCCCOC(=S)c1ccccc1.O.OC(=S)c1ccccc1.S=C1NCCS1. The van der Waals surface area contributed by atoms with Crippen molar-refractivity contribution in [3.05, 3.63) is 71.8 Å². The predicted octanol–water partition coefficient (Wildman–Crippen LogP) is 5.66. The van der Waals surface area contributed by atoms with Crippen LogP contribution in [0.2, 0.25) is 0 Å². The number of nitriles is 1. The van der Waals surface area contributed by atoms with Crippen molar-refractivity contribution in [1.29, 1.82) is 5.26 Å². The van der Waals surface area contributed by atoms with Crippen LogP contribution in [0.25, 0.3) is 0 Å². The number of aliphatic hydroxyl groups is 1. The first-order chi connectivity index (χ1) is 14.5. The molecule has 1 saturated heterocycles. The van der Waals surface area contributed by atoms with Crippen molar-refractivity contribution >= 4 is 62.8 Å². The molecule has 3 rings (SSSR count). The topological polar surface area (TPSA) is 96.8 Å². The molecule has 9 heteroatoms. The van der Waals surface area contributed by atoms with E-state index in [1.807, 2.05) is 48.5 Å². The Balaban J connectivity index is -0.000000388. The molecule has 1 fully saturated rings. The number of rotatable bonds is 5. The molecule has 2 aromatic carbocycles. The third-order valence-electron chi connectivity index (χ3n) is 3.37. The zero-order valence-electron chi connectivity index (χ0n) is 17.3. The van der Waals surface area contributed by atoms with Crippen LogP contribution < -0.4 is 5.32 Å². The number of hydrogen-bond acceptors (Lipinski definition) is 6. The van der Waals surface area contributed by atoms with Crippen LogP contribution in [-0.4, -0.2) is 43.9 Å². The first-order valence-electron chi connectivity index (χ1n) is 9.21. The van der Waals surface area contributed by atoms with Gasteiger partial charge in [0.1, 0.15) is 4.32 Å². The minimum Gasteiger partial charge on any atom is -0.499 e. The Morgan fingerprint density at radius 3 is 1.88 bits per heavy atom. The molecule has 0 aliphatic carbocycles. The van der Waals surface area contributed by atoms with Crippen LogP contribution in [0.3, 0.4) is 0 Å². The summed E-state index contributed by atoms with van der Waals surface area (Å²) < 4.78 is 6.35. The lowest BCUT2D eigenvalue weighted by molar-refractivity contribution is 0.306. The highest BCUT2D eigenvalue weighted by molar-refractivity contribution is 8.23. The monoisotopic (exact) mass is 512 g/mol. The van der Waals surface area contributed by atoms with Crippen molar-refractivity contribution in [3.63, 3.8) is 0 Å². The summed E-state index contributed by atoms with van der Waals surface area (Å²) in [6.07, 6.45) is 2.20. The van der Waals surface area contributed by atoms with Gasteiger partial charge in [0, 0.05) is 30.0 Å². The van der Waals surface area contributed by atoms with E-state index >= 15 is 0 Å². The molecule has 1 aliphatic heterocycles. The van der Waals surface area contributed by atoms with Gasteiger partial charge >= 0.3 is 0 Å². The predicted molar refractivity (Wildman–Crippen MR) is 150 cm³/mol. The van der Waals surface area contributed by atoms with E-state index in [0.717, 1.165) is 41.6 Å². The lowest BCUT2D eigenvalue weighted by Crippen LogP contribution is -2.09. The summed E-state index contributed by atoms with van der Waals surface area (Å²) in [7, 11) is 0. The molecule has 0 atom stereocenters. The fraction of sp³-hybridized carbons (Fsp3) is 0.304. The second-order valence-corrected chi connectivity index (χ2v) is 8.12. The molecule has 0 amide bonds. The molecule has 0 saturated carbocycles. The average molecular weight is 513 g/mol. The minimum absolute atomic E-state index is 0. The Hall–Kier alpha value is -2.09. The molecule has 1 aliphatic rings. The van der Waals surface area contributed by atoms with Gasteiger partial charge in [-0.25, -0.2) is 5.26 Å². The van der Waals surface area contributed by atoms with E-state index in [1.54, 1.807) is 23.9 Å². The van der Waals surface area contributed by atoms with Crippen LogP contribution in [0.15, 0.2) is 60.7 Å². The van der Waals surface area contributed by atoms with Gasteiger partial charge in [0.2, 0.25) is 0 Å². The number of aliphatic hydroxyl groups excluding tert-OH is 1. The molecule has 0 unspecified atom stereocenters. The van der Waals surface area contributed by atoms with Gasteiger partial charge in [-0.15, -0.1) is 0 Å². The second-order valence-electron chi connectivity index (χ2n) is 5.59. The number of benzene rings is 2. The third-order valence-corrected chi connectivity index (χ3v) is 5.27. The normalized spacial score (nSPS) is 10.4. The van der Waals surface area contributed by atoms with Crippen molar-refractivity contribution in [2.75, 3.05) is 18.9 Å². The van der Waals surface area contributed by atoms with Gasteiger partial charge in [0.15, 0.2) is 10.1 Å². The molecule has 0 aromatic heterocycles. The number of hydrogen-bond donors (Lipinski definition) is 2. The molecule has 4 N–H and O–H groups in total. The number of unbranched alkanes of at least 4 members (excludes halogenated alkanes) is 1. The molecule has 2 aromatic rings. The summed E-state index contributed by atoms with van der Waals surface area (Å²) in [6, 6.07) is 18.9. The summed E-state index contributed by atoms with van der Waals surface area (Å²) in [6.45, 7) is 7.42. The molecular formula is C23H32N2O3S4. The number of nitrogens with one attached hydrogen (secondary N) is 1. The van der Waals surface area contributed by atoms with E-state index in [-0.39, 0.29) is 18.0 Å². The van der Waals surface area contributed by atoms with Crippen molar-refractivity contribution in [1.82, 2.24) is 5.32 Å². The van der Waals surface area contributed by atoms with E-state index < -0.39 is 0 Å². The highest BCUT2D eigenvalue weighted by Crippen LogP contribution is 2.05. The summed E-state index contributed by atoms with van der Waals surface area (Å²) in [4.78, 5) is 0. The number of thiocarbonyl (C=S) groups is 3. The number of ether oxygens (including phenoxy) is 1. The molecular weight excluding hydrogens is 481 g/mol. The number of thioether (sulfide) groups is 1. The Morgan fingerprint density at radius 2 is 1.56 bits per heavy atom. The largest absolute Gasteiger partial charge is 0.499 e. The van der Waals surface area contributed by atoms with Crippen LogP contribution in [-0.2, 0) is 4.74 Å². The first kappa shape index (κ1) is 34.5. The Morgan fingerprint density at radius 1 is 1.06 bits per heavy atom. The zero-order chi connectivity index (χ0) is 22.6.